The average Bonchev–Trinajstić information content (AvgIpc) is 2.56. The molecule has 116 valence electrons. The van der Waals surface area contributed by atoms with E-state index in [2.05, 4.69) is 61.2 Å². The van der Waals surface area contributed by atoms with Gasteiger partial charge in [-0.15, -0.1) is 6.58 Å². The summed E-state index contributed by atoms with van der Waals surface area (Å²) in [7, 11) is 0. The average molecular weight is 302 g/mol. The van der Waals surface area contributed by atoms with E-state index in [1.165, 1.54) is 27.8 Å². The number of hydrogen-bond acceptors (Lipinski definition) is 2. The molecule has 0 unspecified atom stereocenters. The monoisotopic (exact) mass is 302 g/mol. The molecule has 0 bridgehead atoms. The second-order valence-electron chi connectivity index (χ2n) is 6.00. The quantitative estimate of drug-likeness (QED) is 0.661. The molecule has 0 atom stereocenters. The molecule has 1 aliphatic rings. The molecule has 0 heterocycles. The van der Waals surface area contributed by atoms with Gasteiger partial charge in [0.25, 0.3) is 0 Å². The van der Waals surface area contributed by atoms with Gasteiger partial charge < -0.3 is 11.5 Å². The molecule has 0 saturated carbocycles. The highest BCUT2D eigenvalue weighted by Crippen LogP contribution is 2.34. The summed E-state index contributed by atoms with van der Waals surface area (Å²) >= 11 is 0. The molecule has 4 N–H and O–H groups in total. The predicted molar refractivity (Wildman–Crippen MR) is 98.6 cm³/mol. The van der Waals surface area contributed by atoms with E-state index in [1.54, 1.807) is 0 Å². The second-order valence-corrected chi connectivity index (χ2v) is 6.00. The summed E-state index contributed by atoms with van der Waals surface area (Å²) in [6, 6.07) is 16.9. The second kappa shape index (κ2) is 6.37. The fraction of sp³-hybridized carbons (Fsp3) is 0.143. The fourth-order valence-electron chi connectivity index (χ4n) is 2.95. The van der Waals surface area contributed by atoms with E-state index in [0.29, 0.717) is 6.42 Å². The molecule has 3 rings (SSSR count). The first-order valence-corrected chi connectivity index (χ1v) is 7.86. The first kappa shape index (κ1) is 15.5. The Balaban J connectivity index is 2.08. The molecule has 0 aromatic heterocycles. The van der Waals surface area contributed by atoms with Crippen LogP contribution in [-0.4, -0.2) is 5.66 Å². The van der Waals surface area contributed by atoms with E-state index in [4.69, 9.17) is 11.5 Å². The molecule has 1 aliphatic carbocycles. The summed E-state index contributed by atoms with van der Waals surface area (Å²) in [5, 5.41) is 0. The van der Waals surface area contributed by atoms with Crippen LogP contribution in [0.15, 0.2) is 79.4 Å². The van der Waals surface area contributed by atoms with Crippen molar-refractivity contribution >= 4 is 5.57 Å². The highest BCUT2D eigenvalue weighted by molar-refractivity contribution is 5.87. The van der Waals surface area contributed by atoms with Gasteiger partial charge >= 0.3 is 0 Å². The lowest BCUT2D eigenvalue weighted by Gasteiger charge is -2.24. The van der Waals surface area contributed by atoms with E-state index in [0.717, 1.165) is 6.42 Å². The van der Waals surface area contributed by atoms with E-state index >= 15 is 0 Å². The zero-order chi connectivity index (χ0) is 16.3. The van der Waals surface area contributed by atoms with Crippen molar-refractivity contribution in [1.29, 1.82) is 0 Å². The Morgan fingerprint density at radius 1 is 0.957 bits per heavy atom. The van der Waals surface area contributed by atoms with Crippen molar-refractivity contribution in [1.82, 2.24) is 0 Å². The standard InChI is InChI=1S/C21H22N2/c1-2-7-16-8-3-4-9-18(16)20-11-6-5-10-19(20)17-12-14-21(22,23)15-13-17/h2-6,8-14H,1,7,15,22-23H2. The van der Waals surface area contributed by atoms with Crippen molar-refractivity contribution in [3.8, 4) is 11.1 Å². The van der Waals surface area contributed by atoms with Crippen LogP contribution in [-0.2, 0) is 6.42 Å². The van der Waals surface area contributed by atoms with Crippen LogP contribution in [0.4, 0.5) is 0 Å². The Morgan fingerprint density at radius 2 is 1.61 bits per heavy atom. The maximum atomic E-state index is 5.97. The van der Waals surface area contributed by atoms with Gasteiger partial charge in [-0.1, -0.05) is 66.8 Å². The molecule has 2 heteroatoms. The minimum Gasteiger partial charge on any atom is -0.310 e. The number of rotatable bonds is 4. The third-order valence-corrected chi connectivity index (χ3v) is 4.16. The minimum atomic E-state index is -0.737. The molecule has 0 spiro atoms. The van der Waals surface area contributed by atoms with Crippen molar-refractivity contribution in [2.75, 3.05) is 0 Å². The molecule has 0 saturated heterocycles. The van der Waals surface area contributed by atoms with Crippen molar-refractivity contribution in [3.63, 3.8) is 0 Å². The molecular weight excluding hydrogens is 280 g/mol. The van der Waals surface area contributed by atoms with E-state index in [-0.39, 0.29) is 0 Å². The first-order chi connectivity index (χ1) is 11.1. The molecule has 0 radical (unpaired) electrons. The molecule has 0 aliphatic heterocycles. The summed E-state index contributed by atoms with van der Waals surface area (Å²) in [6.07, 6.45) is 9.47. The Hall–Kier alpha value is -2.42. The number of benzene rings is 2. The summed E-state index contributed by atoms with van der Waals surface area (Å²) in [5.41, 5.74) is 17.3. The third-order valence-electron chi connectivity index (χ3n) is 4.16. The van der Waals surface area contributed by atoms with Gasteiger partial charge in [-0.05, 0) is 40.3 Å². The third kappa shape index (κ3) is 3.34. The lowest BCUT2D eigenvalue weighted by atomic mass is 9.87. The van der Waals surface area contributed by atoms with Gasteiger partial charge in [-0.2, -0.15) is 0 Å². The molecule has 2 aromatic rings. The normalized spacial score (nSPS) is 16.0. The summed E-state index contributed by atoms with van der Waals surface area (Å²) in [5.74, 6) is 0. The molecule has 2 aromatic carbocycles. The van der Waals surface area contributed by atoms with Crippen LogP contribution in [0.5, 0.6) is 0 Å². The lowest BCUT2D eigenvalue weighted by Crippen LogP contribution is -2.47. The van der Waals surface area contributed by atoms with E-state index in [1.807, 2.05) is 18.2 Å². The van der Waals surface area contributed by atoms with Gasteiger partial charge in [-0.25, -0.2) is 0 Å². The number of allylic oxidation sites excluding steroid dienone is 3. The van der Waals surface area contributed by atoms with Crippen LogP contribution in [0.1, 0.15) is 17.5 Å². The maximum absolute atomic E-state index is 5.97. The van der Waals surface area contributed by atoms with Crippen molar-refractivity contribution < 1.29 is 0 Å². The van der Waals surface area contributed by atoms with Crippen LogP contribution in [0.25, 0.3) is 16.7 Å². The Morgan fingerprint density at radius 3 is 2.26 bits per heavy atom. The van der Waals surface area contributed by atoms with Gasteiger partial charge in [0.15, 0.2) is 0 Å². The van der Waals surface area contributed by atoms with E-state index in [9.17, 15) is 0 Å². The highest BCUT2D eigenvalue weighted by atomic mass is 14.9. The SMILES string of the molecule is C=CCc1ccccc1-c1ccccc1C1=CCC(N)(N)C=C1. The van der Waals surface area contributed by atoms with Gasteiger partial charge in [-0.3, -0.25) is 0 Å². The first-order valence-electron chi connectivity index (χ1n) is 7.86. The molecule has 0 fully saturated rings. The summed E-state index contributed by atoms with van der Waals surface area (Å²) in [4.78, 5) is 0. The van der Waals surface area contributed by atoms with Crippen LogP contribution in [0.3, 0.4) is 0 Å². The zero-order valence-corrected chi connectivity index (χ0v) is 13.2. The Bertz CT molecular complexity index is 782. The molecular formula is C21H22N2. The van der Waals surface area contributed by atoms with Crippen molar-refractivity contribution in [2.24, 2.45) is 11.5 Å². The van der Waals surface area contributed by atoms with Gasteiger partial charge in [0, 0.05) is 6.42 Å². The number of hydrogen-bond donors (Lipinski definition) is 2. The van der Waals surface area contributed by atoms with Crippen LogP contribution < -0.4 is 11.5 Å². The minimum absolute atomic E-state index is 0.640. The Labute approximate surface area is 137 Å². The maximum Gasteiger partial charge on any atom is 0.0867 e. The van der Waals surface area contributed by atoms with E-state index < -0.39 is 5.66 Å². The molecule has 23 heavy (non-hydrogen) atoms. The van der Waals surface area contributed by atoms with Gasteiger partial charge in [0.05, 0.1) is 5.66 Å². The van der Waals surface area contributed by atoms with Gasteiger partial charge in [0.2, 0.25) is 0 Å². The topological polar surface area (TPSA) is 52.0 Å². The highest BCUT2D eigenvalue weighted by Gasteiger charge is 2.19. The Kier molecular flexibility index (Phi) is 4.28. The smallest absolute Gasteiger partial charge is 0.0867 e. The molecule has 2 nitrogen and oxygen atoms in total. The van der Waals surface area contributed by atoms with Crippen LogP contribution in [0, 0.1) is 0 Å². The summed E-state index contributed by atoms with van der Waals surface area (Å²) in [6.45, 7) is 3.87. The fourth-order valence-corrected chi connectivity index (χ4v) is 2.95. The van der Waals surface area contributed by atoms with Gasteiger partial charge in [0.1, 0.15) is 0 Å². The number of nitrogens with two attached hydrogens (primary N) is 2. The summed E-state index contributed by atoms with van der Waals surface area (Å²) < 4.78 is 0. The zero-order valence-electron chi connectivity index (χ0n) is 13.2. The molecule has 0 amide bonds. The van der Waals surface area contributed by atoms with Crippen molar-refractivity contribution in [3.05, 3.63) is 90.5 Å². The largest absolute Gasteiger partial charge is 0.310 e. The van der Waals surface area contributed by atoms with Crippen molar-refractivity contribution in [2.45, 2.75) is 18.5 Å². The predicted octanol–water partition coefficient (Wildman–Crippen LogP) is 4.04. The van der Waals surface area contributed by atoms with Crippen LogP contribution in [0.2, 0.25) is 0 Å². The lowest BCUT2D eigenvalue weighted by molar-refractivity contribution is 0.559. The van der Waals surface area contributed by atoms with Crippen LogP contribution >= 0.6 is 0 Å².